The predicted molar refractivity (Wildman–Crippen MR) is 104 cm³/mol. The number of Topliss-reactive ketones (excluding diaryl/α,β-unsaturated/α-hetero) is 1. The minimum atomic E-state index is -0.0606. The second-order valence-corrected chi connectivity index (χ2v) is 10.2. The Labute approximate surface area is 157 Å². The average molecular weight is 353 g/mol. The van der Waals surface area contributed by atoms with Crippen molar-refractivity contribution in [1.29, 1.82) is 0 Å². The molecule has 140 valence electrons. The van der Waals surface area contributed by atoms with Gasteiger partial charge in [0, 0.05) is 31.6 Å². The van der Waals surface area contributed by atoms with Gasteiger partial charge >= 0.3 is 0 Å². The molecule has 2 unspecified atom stereocenters. The van der Waals surface area contributed by atoms with Crippen LogP contribution in [0.2, 0.25) is 0 Å². The Balaban J connectivity index is 1.46. The van der Waals surface area contributed by atoms with E-state index in [1.807, 2.05) is 0 Å². The van der Waals surface area contributed by atoms with Crippen molar-refractivity contribution in [3.63, 3.8) is 0 Å². The van der Waals surface area contributed by atoms with E-state index in [2.05, 4.69) is 47.5 Å². The summed E-state index contributed by atoms with van der Waals surface area (Å²) in [6, 6.07) is 11.1. The highest BCUT2D eigenvalue weighted by Gasteiger charge is 2.64. The van der Waals surface area contributed by atoms with E-state index in [1.165, 1.54) is 24.8 Å². The van der Waals surface area contributed by atoms with E-state index < -0.39 is 0 Å². The molecule has 26 heavy (non-hydrogen) atoms. The molecule has 3 nitrogen and oxygen atoms in total. The van der Waals surface area contributed by atoms with Gasteiger partial charge in [0.15, 0.2) is 5.78 Å². The summed E-state index contributed by atoms with van der Waals surface area (Å²) in [5, 5.41) is 3.40. The molecule has 4 atom stereocenters. The van der Waals surface area contributed by atoms with Crippen molar-refractivity contribution in [2.45, 2.75) is 50.9 Å². The third-order valence-electron chi connectivity index (χ3n) is 7.90. The molecule has 0 aromatic heterocycles. The molecule has 4 aliphatic carbocycles. The zero-order chi connectivity index (χ0) is 17.8. The van der Waals surface area contributed by atoms with Gasteiger partial charge in [-0.15, -0.1) is 0 Å². The SMILES string of the molecule is C[C@]12CC3CC(C(=O)CN4CCNCC4)(C1)C[C@@](c1ccccc1)(C3)C2. The summed E-state index contributed by atoms with van der Waals surface area (Å²) in [4.78, 5) is 16.0. The fourth-order valence-electron chi connectivity index (χ4n) is 7.59. The molecule has 0 spiro atoms. The molecule has 1 aliphatic heterocycles. The Morgan fingerprint density at radius 1 is 1.08 bits per heavy atom. The molecule has 1 N–H and O–H groups in total. The summed E-state index contributed by atoms with van der Waals surface area (Å²) in [5.74, 6) is 1.29. The molecule has 3 heteroatoms. The Hall–Kier alpha value is -1.19. The van der Waals surface area contributed by atoms with E-state index in [0.29, 0.717) is 17.7 Å². The number of hydrogen-bond acceptors (Lipinski definition) is 3. The van der Waals surface area contributed by atoms with Crippen LogP contribution in [0.15, 0.2) is 30.3 Å². The van der Waals surface area contributed by atoms with E-state index >= 15 is 0 Å². The van der Waals surface area contributed by atoms with Crippen LogP contribution in [0, 0.1) is 16.7 Å². The molecule has 5 aliphatic rings. The summed E-state index contributed by atoms with van der Waals surface area (Å²) in [5.41, 5.74) is 2.03. The molecule has 6 rings (SSSR count). The third kappa shape index (κ3) is 2.66. The van der Waals surface area contributed by atoms with Crippen LogP contribution in [-0.4, -0.2) is 43.4 Å². The van der Waals surface area contributed by atoms with Gasteiger partial charge in [0.05, 0.1) is 6.54 Å². The van der Waals surface area contributed by atoms with Crippen LogP contribution >= 0.6 is 0 Å². The van der Waals surface area contributed by atoms with Gasteiger partial charge in [-0.05, 0) is 60.8 Å². The number of carbonyl (C=O) groups excluding carboxylic acids is 1. The van der Waals surface area contributed by atoms with Crippen molar-refractivity contribution in [2.75, 3.05) is 32.7 Å². The smallest absolute Gasteiger partial charge is 0.153 e. The molecule has 1 aromatic carbocycles. The molecule has 5 fully saturated rings. The van der Waals surface area contributed by atoms with E-state index in [1.54, 1.807) is 0 Å². The number of rotatable bonds is 4. The van der Waals surface area contributed by atoms with Crippen LogP contribution in [-0.2, 0) is 10.2 Å². The third-order valence-corrected chi connectivity index (χ3v) is 7.90. The van der Waals surface area contributed by atoms with Crippen molar-refractivity contribution < 1.29 is 4.79 Å². The number of ketones is 1. The quantitative estimate of drug-likeness (QED) is 0.901. The first-order valence-corrected chi connectivity index (χ1v) is 10.5. The number of nitrogens with zero attached hydrogens (tertiary/aromatic N) is 1. The number of benzene rings is 1. The van der Waals surface area contributed by atoms with Crippen LogP contribution < -0.4 is 5.32 Å². The highest BCUT2D eigenvalue weighted by atomic mass is 16.1. The topological polar surface area (TPSA) is 32.3 Å². The van der Waals surface area contributed by atoms with Crippen molar-refractivity contribution in [3.8, 4) is 0 Å². The first kappa shape index (κ1) is 16.9. The normalized spacial score (nSPS) is 42.1. The van der Waals surface area contributed by atoms with E-state index in [4.69, 9.17) is 0 Å². The van der Waals surface area contributed by atoms with Gasteiger partial charge < -0.3 is 5.32 Å². The summed E-state index contributed by atoms with van der Waals surface area (Å²) in [6.07, 6.45) is 7.31. The minimum absolute atomic E-state index is 0.0606. The second-order valence-electron chi connectivity index (χ2n) is 10.2. The van der Waals surface area contributed by atoms with Crippen molar-refractivity contribution in [3.05, 3.63) is 35.9 Å². The average Bonchev–Trinajstić information content (AvgIpc) is 2.61. The maximum atomic E-state index is 13.6. The van der Waals surface area contributed by atoms with Gasteiger partial charge in [-0.25, -0.2) is 0 Å². The first-order chi connectivity index (χ1) is 12.5. The van der Waals surface area contributed by atoms with E-state index in [0.717, 1.165) is 51.4 Å². The molecule has 1 saturated heterocycles. The molecular weight excluding hydrogens is 320 g/mol. The van der Waals surface area contributed by atoms with Crippen LogP contribution in [0.25, 0.3) is 0 Å². The summed E-state index contributed by atoms with van der Waals surface area (Å²) in [6.45, 7) is 7.24. The summed E-state index contributed by atoms with van der Waals surface area (Å²) < 4.78 is 0. The number of hydrogen-bond donors (Lipinski definition) is 1. The number of carbonyl (C=O) groups is 1. The van der Waals surface area contributed by atoms with Gasteiger partial charge in [-0.3, -0.25) is 9.69 Å². The molecule has 4 bridgehead atoms. The Bertz CT molecular complexity index is 697. The van der Waals surface area contributed by atoms with Crippen molar-refractivity contribution in [2.24, 2.45) is 16.7 Å². The molecule has 1 aromatic rings. The Morgan fingerprint density at radius 3 is 2.58 bits per heavy atom. The largest absolute Gasteiger partial charge is 0.314 e. The summed E-state index contributed by atoms with van der Waals surface area (Å²) >= 11 is 0. The van der Waals surface area contributed by atoms with Gasteiger partial charge in [-0.1, -0.05) is 37.3 Å². The van der Waals surface area contributed by atoms with Crippen LogP contribution in [0.3, 0.4) is 0 Å². The van der Waals surface area contributed by atoms with Crippen molar-refractivity contribution >= 4 is 5.78 Å². The van der Waals surface area contributed by atoms with Crippen LogP contribution in [0.5, 0.6) is 0 Å². The van der Waals surface area contributed by atoms with E-state index in [-0.39, 0.29) is 10.8 Å². The van der Waals surface area contributed by atoms with Gasteiger partial charge in [0.2, 0.25) is 0 Å². The van der Waals surface area contributed by atoms with Gasteiger partial charge in [0.1, 0.15) is 0 Å². The monoisotopic (exact) mass is 352 g/mol. The highest BCUT2D eigenvalue weighted by molar-refractivity contribution is 5.87. The summed E-state index contributed by atoms with van der Waals surface area (Å²) in [7, 11) is 0. The zero-order valence-corrected chi connectivity index (χ0v) is 16.1. The maximum absolute atomic E-state index is 13.6. The maximum Gasteiger partial charge on any atom is 0.153 e. The number of nitrogens with one attached hydrogen (secondary N) is 1. The lowest BCUT2D eigenvalue weighted by atomic mass is 9.38. The molecule has 0 amide bonds. The van der Waals surface area contributed by atoms with Crippen LogP contribution in [0.4, 0.5) is 0 Å². The molecule has 1 heterocycles. The van der Waals surface area contributed by atoms with Crippen molar-refractivity contribution in [1.82, 2.24) is 10.2 Å². The fourth-order valence-corrected chi connectivity index (χ4v) is 7.59. The Morgan fingerprint density at radius 2 is 1.85 bits per heavy atom. The lowest BCUT2D eigenvalue weighted by Gasteiger charge is -2.66. The van der Waals surface area contributed by atoms with E-state index in [9.17, 15) is 4.79 Å². The fraction of sp³-hybridized carbons (Fsp3) is 0.696. The van der Waals surface area contributed by atoms with Gasteiger partial charge in [-0.2, -0.15) is 0 Å². The second kappa shape index (κ2) is 5.90. The lowest BCUT2D eigenvalue weighted by Crippen LogP contribution is -2.61. The number of piperazine rings is 1. The molecule has 4 saturated carbocycles. The van der Waals surface area contributed by atoms with Crippen LogP contribution in [0.1, 0.15) is 51.0 Å². The Kier molecular flexibility index (Phi) is 3.85. The first-order valence-electron chi connectivity index (χ1n) is 10.5. The zero-order valence-electron chi connectivity index (χ0n) is 16.1. The van der Waals surface area contributed by atoms with Gasteiger partial charge in [0.25, 0.3) is 0 Å². The highest BCUT2D eigenvalue weighted by Crippen LogP contribution is 2.70. The standard InChI is InChI=1S/C23H32N2O/c1-21-11-18-12-22(15-21,19-5-3-2-4-6-19)17-23(13-18,16-21)20(26)14-25-9-7-24-8-10-25/h2-6,18,24H,7-17H2,1H3/t18?,21-,22-,23?/m1/s1. The molecule has 0 radical (unpaired) electrons. The minimum Gasteiger partial charge on any atom is -0.314 e. The lowest BCUT2D eigenvalue weighted by molar-refractivity contribution is -0.159. The molecular formula is C23H32N2O. The predicted octanol–water partition coefficient (Wildman–Crippen LogP) is 3.39.